The highest BCUT2D eigenvalue weighted by Crippen LogP contribution is 2.38. The van der Waals surface area contributed by atoms with Gasteiger partial charge in [0.2, 0.25) is 0 Å². The quantitative estimate of drug-likeness (QED) is 0.805. The van der Waals surface area contributed by atoms with Gasteiger partial charge in [-0.2, -0.15) is 0 Å². The number of aromatic nitrogens is 1. The van der Waals surface area contributed by atoms with E-state index in [-0.39, 0.29) is 4.87 Å². The third-order valence-corrected chi connectivity index (χ3v) is 5.63. The van der Waals surface area contributed by atoms with Crippen LogP contribution in [0.3, 0.4) is 0 Å². The average Bonchev–Trinajstić information content (AvgIpc) is 3.19. The summed E-state index contributed by atoms with van der Waals surface area (Å²) < 4.78 is 12.8. The Morgan fingerprint density at radius 3 is 2.75 bits per heavy atom. The molecule has 0 spiro atoms. The first kappa shape index (κ1) is 17.0. The van der Waals surface area contributed by atoms with Gasteiger partial charge in [0.25, 0.3) is 0 Å². The number of methoxy groups -OCH3 is 2. The minimum atomic E-state index is 0.127. The summed E-state index contributed by atoms with van der Waals surface area (Å²) in [5.74, 6) is 1.75. The number of hydrogen-bond acceptors (Lipinski definition) is 5. The first-order chi connectivity index (χ1) is 11.6. The van der Waals surface area contributed by atoms with Crippen molar-refractivity contribution in [2.24, 2.45) is 0 Å². The highest BCUT2D eigenvalue weighted by Gasteiger charge is 2.28. The number of thiazole rings is 1. The molecule has 1 saturated heterocycles. The lowest BCUT2D eigenvalue weighted by Crippen LogP contribution is -2.30. The fraction of sp³-hybridized carbons (Fsp3) is 0.500. The van der Waals surface area contributed by atoms with E-state index in [0.717, 1.165) is 49.7 Å². The first-order valence-electron chi connectivity index (χ1n) is 8.25. The molecule has 1 aliphatic heterocycles. The van der Waals surface area contributed by atoms with Crippen LogP contribution in [0.25, 0.3) is 0 Å². The van der Waals surface area contributed by atoms with Gasteiger partial charge >= 0.3 is 4.87 Å². The van der Waals surface area contributed by atoms with Gasteiger partial charge in [-0.1, -0.05) is 11.3 Å². The summed E-state index contributed by atoms with van der Waals surface area (Å²) in [4.78, 5) is 14.5. The maximum Gasteiger partial charge on any atom is 0.307 e. The highest BCUT2D eigenvalue weighted by atomic mass is 32.1. The second kappa shape index (κ2) is 7.40. The predicted molar refractivity (Wildman–Crippen MR) is 96.4 cm³/mol. The van der Waals surface area contributed by atoms with Crippen molar-refractivity contribution in [1.82, 2.24) is 9.47 Å². The van der Waals surface area contributed by atoms with Crippen LogP contribution in [-0.4, -0.2) is 36.8 Å². The highest BCUT2D eigenvalue weighted by molar-refractivity contribution is 7.07. The van der Waals surface area contributed by atoms with Gasteiger partial charge in [-0.05, 0) is 44.5 Å². The molecule has 1 aromatic carbocycles. The van der Waals surface area contributed by atoms with Crippen LogP contribution >= 0.6 is 11.3 Å². The van der Waals surface area contributed by atoms with Crippen LogP contribution in [0.2, 0.25) is 0 Å². The molecule has 0 bridgehead atoms. The molecular formula is C18H24N2O3S. The third-order valence-electron chi connectivity index (χ3n) is 4.75. The molecule has 0 saturated carbocycles. The molecular weight excluding hydrogens is 324 g/mol. The lowest BCUT2D eigenvalue weighted by Gasteiger charge is -2.26. The van der Waals surface area contributed by atoms with Crippen LogP contribution in [-0.2, 0) is 6.54 Å². The van der Waals surface area contributed by atoms with E-state index in [1.54, 1.807) is 14.2 Å². The second-order valence-corrected chi connectivity index (χ2v) is 6.92. The van der Waals surface area contributed by atoms with Crippen LogP contribution in [0.5, 0.6) is 11.5 Å². The summed E-state index contributed by atoms with van der Waals surface area (Å²) in [6.45, 7) is 4.63. The Hall–Kier alpha value is -1.79. The molecule has 5 nitrogen and oxygen atoms in total. The van der Waals surface area contributed by atoms with Crippen molar-refractivity contribution in [2.45, 2.75) is 32.4 Å². The zero-order chi connectivity index (χ0) is 17.1. The van der Waals surface area contributed by atoms with Crippen molar-refractivity contribution in [3.63, 3.8) is 0 Å². The Bertz CT molecular complexity index is 753. The number of nitrogens with zero attached hydrogens (tertiary/aromatic N) is 2. The van der Waals surface area contributed by atoms with Gasteiger partial charge in [-0.25, -0.2) is 0 Å². The minimum absolute atomic E-state index is 0.127. The van der Waals surface area contributed by atoms with Crippen molar-refractivity contribution in [3.8, 4) is 11.5 Å². The number of benzene rings is 1. The third kappa shape index (κ3) is 3.35. The number of rotatable bonds is 6. The second-order valence-electron chi connectivity index (χ2n) is 6.10. The number of ether oxygens (including phenoxy) is 2. The van der Waals surface area contributed by atoms with Crippen LogP contribution in [0.4, 0.5) is 0 Å². The summed E-state index contributed by atoms with van der Waals surface area (Å²) in [7, 11) is 3.39. The maximum atomic E-state index is 11.9. The summed E-state index contributed by atoms with van der Waals surface area (Å²) in [6.07, 6.45) is 2.25. The van der Waals surface area contributed by atoms with Crippen molar-refractivity contribution in [1.29, 1.82) is 0 Å². The number of likely N-dealkylation sites (tertiary alicyclic amines) is 1. The van der Waals surface area contributed by atoms with Gasteiger partial charge in [0.05, 0.1) is 14.2 Å². The zero-order valence-electron chi connectivity index (χ0n) is 14.4. The molecule has 1 unspecified atom stereocenters. The van der Waals surface area contributed by atoms with Crippen LogP contribution in [0.15, 0.2) is 28.4 Å². The van der Waals surface area contributed by atoms with Gasteiger partial charge in [0.1, 0.15) is 11.5 Å². The number of hydrogen-bond donors (Lipinski definition) is 0. The molecule has 0 N–H and O–H groups in total. The molecule has 2 heterocycles. The Morgan fingerprint density at radius 1 is 1.25 bits per heavy atom. The van der Waals surface area contributed by atoms with E-state index in [9.17, 15) is 4.79 Å². The van der Waals surface area contributed by atoms with E-state index in [1.807, 2.05) is 29.0 Å². The van der Waals surface area contributed by atoms with Gasteiger partial charge in [0, 0.05) is 35.8 Å². The molecule has 3 rings (SSSR count). The van der Waals surface area contributed by atoms with Crippen LogP contribution in [0.1, 0.15) is 30.1 Å². The molecule has 2 aromatic rings. The van der Waals surface area contributed by atoms with Gasteiger partial charge in [-0.3, -0.25) is 9.69 Å². The molecule has 0 aliphatic carbocycles. The molecule has 0 amide bonds. The Labute approximate surface area is 146 Å². The van der Waals surface area contributed by atoms with E-state index in [0.29, 0.717) is 6.04 Å². The van der Waals surface area contributed by atoms with Crippen molar-refractivity contribution >= 4 is 11.3 Å². The minimum Gasteiger partial charge on any atom is -0.497 e. The van der Waals surface area contributed by atoms with Crippen molar-refractivity contribution < 1.29 is 9.47 Å². The topological polar surface area (TPSA) is 43.7 Å². The first-order valence-corrected chi connectivity index (χ1v) is 9.13. The van der Waals surface area contributed by atoms with Crippen LogP contribution in [0, 0.1) is 6.92 Å². The summed E-state index contributed by atoms with van der Waals surface area (Å²) in [6, 6.07) is 6.28. The Balaban J connectivity index is 1.79. The van der Waals surface area contributed by atoms with Gasteiger partial charge in [-0.15, -0.1) is 0 Å². The maximum absolute atomic E-state index is 11.9. The molecule has 24 heavy (non-hydrogen) atoms. The SMILES string of the molecule is COc1ccc(OC)c(C2CCCN2CCn2c(C)csc2=O)c1. The molecule has 1 aromatic heterocycles. The molecule has 130 valence electrons. The van der Waals surface area contributed by atoms with Crippen molar-refractivity contribution in [3.05, 3.63) is 44.5 Å². The lowest BCUT2D eigenvalue weighted by molar-refractivity contribution is 0.240. The fourth-order valence-corrected chi connectivity index (χ4v) is 4.21. The molecule has 1 fully saturated rings. The largest absolute Gasteiger partial charge is 0.497 e. The van der Waals surface area contributed by atoms with Gasteiger partial charge < -0.3 is 14.0 Å². The standard InChI is InChI=1S/C18H24N2O3S/c1-13-12-24-18(21)20(13)10-9-19-8-4-5-16(19)15-11-14(22-2)6-7-17(15)23-3/h6-7,11-12,16H,4-5,8-10H2,1-3H3. The monoisotopic (exact) mass is 348 g/mol. The molecule has 6 heteroatoms. The van der Waals surface area contributed by atoms with E-state index in [2.05, 4.69) is 11.0 Å². The summed E-state index contributed by atoms with van der Waals surface area (Å²) in [5.41, 5.74) is 2.21. The fourth-order valence-electron chi connectivity index (χ4n) is 3.45. The van der Waals surface area contributed by atoms with E-state index < -0.39 is 0 Å². The smallest absolute Gasteiger partial charge is 0.307 e. The Morgan fingerprint density at radius 2 is 2.08 bits per heavy atom. The van der Waals surface area contributed by atoms with Crippen LogP contribution < -0.4 is 14.3 Å². The molecule has 1 atom stereocenters. The summed E-state index contributed by atoms with van der Waals surface area (Å²) >= 11 is 1.27. The molecule has 0 radical (unpaired) electrons. The predicted octanol–water partition coefficient (Wildman–Crippen LogP) is 3.07. The zero-order valence-corrected chi connectivity index (χ0v) is 15.3. The number of aryl methyl sites for hydroxylation is 1. The van der Waals surface area contributed by atoms with E-state index in [1.165, 1.54) is 16.9 Å². The Kier molecular flexibility index (Phi) is 5.26. The normalized spacial score (nSPS) is 18.0. The van der Waals surface area contributed by atoms with E-state index in [4.69, 9.17) is 9.47 Å². The van der Waals surface area contributed by atoms with E-state index >= 15 is 0 Å². The van der Waals surface area contributed by atoms with Gasteiger partial charge in [0.15, 0.2) is 0 Å². The molecule has 1 aliphatic rings. The van der Waals surface area contributed by atoms with Crippen molar-refractivity contribution in [2.75, 3.05) is 27.3 Å². The average molecular weight is 348 g/mol. The lowest BCUT2D eigenvalue weighted by atomic mass is 10.0. The summed E-state index contributed by atoms with van der Waals surface area (Å²) in [5, 5.41) is 1.93.